The number of anilines is 1. The quantitative estimate of drug-likeness (QED) is 0.718. The maximum absolute atomic E-state index is 6.32. The summed E-state index contributed by atoms with van der Waals surface area (Å²) in [5.41, 5.74) is 10.9. The number of hydrogen-bond acceptors (Lipinski definition) is 5. The first kappa shape index (κ1) is 16.0. The first-order chi connectivity index (χ1) is 12.2. The minimum Gasteiger partial charge on any atom is -0.399 e. The molecular formula is C19H16ClN3O2. The molecule has 1 fully saturated rings. The van der Waals surface area contributed by atoms with Crippen molar-refractivity contribution in [3.63, 3.8) is 0 Å². The van der Waals surface area contributed by atoms with Gasteiger partial charge in [0.25, 0.3) is 0 Å². The third-order valence-electron chi connectivity index (χ3n) is 4.02. The van der Waals surface area contributed by atoms with E-state index in [1.54, 1.807) is 18.5 Å². The van der Waals surface area contributed by atoms with E-state index in [9.17, 15) is 0 Å². The molecule has 3 aromatic rings. The third-order valence-corrected chi connectivity index (χ3v) is 4.33. The van der Waals surface area contributed by atoms with Gasteiger partial charge >= 0.3 is 0 Å². The monoisotopic (exact) mass is 353 g/mol. The molecule has 0 amide bonds. The molecule has 25 heavy (non-hydrogen) atoms. The molecule has 0 saturated carbocycles. The standard InChI is InChI=1S/C19H16ClN3O2/c20-17-9-15(21)1-2-16(17)14-7-13(10-22-11-14)12-3-4-23-18(8-12)19-24-5-6-25-19/h1-4,7-11,19H,5-6,21H2. The van der Waals surface area contributed by atoms with Crippen LogP contribution >= 0.6 is 11.6 Å². The average Bonchev–Trinajstić information content (AvgIpc) is 3.17. The van der Waals surface area contributed by atoms with Crippen molar-refractivity contribution in [3.8, 4) is 22.3 Å². The maximum atomic E-state index is 6.32. The van der Waals surface area contributed by atoms with Gasteiger partial charge in [-0.25, -0.2) is 0 Å². The number of nitrogens with two attached hydrogens (primary N) is 1. The molecular weight excluding hydrogens is 338 g/mol. The van der Waals surface area contributed by atoms with Gasteiger partial charge in [-0.1, -0.05) is 17.7 Å². The number of pyridine rings is 2. The predicted molar refractivity (Wildman–Crippen MR) is 97.0 cm³/mol. The number of halogens is 1. The second-order valence-corrected chi connectivity index (χ2v) is 6.15. The molecule has 0 bridgehead atoms. The van der Waals surface area contributed by atoms with Gasteiger partial charge in [-0.3, -0.25) is 9.97 Å². The van der Waals surface area contributed by atoms with Gasteiger partial charge < -0.3 is 15.2 Å². The van der Waals surface area contributed by atoms with Gasteiger partial charge in [-0.05, 0) is 35.9 Å². The van der Waals surface area contributed by atoms with Gasteiger partial charge in [0.2, 0.25) is 6.29 Å². The van der Waals surface area contributed by atoms with Crippen LogP contribution in [0.25, 0.3) is 22.3 Å². The van der Waals surface area contributed by atoms with E-state index in [1.807, 2.05) is 36.5 Å². The Morgan fingerprint density at radius 2 is 1.76 bits per heavy atom. The minimum atomic E-state index is -0.400. The molecule has 3 heterocycles. The maximum Gasteiger partial charge on any atom is 0.201 e. The Morgan fingerprint density at radius 3 is 2.56 bits per heavy atom. The molecule has 1 saturated heterocycles. The van der Waals surface area contributed by atoms with Crippen LogP contribution in [0.2, 0.25) is 5.02 Å². The molecule has 1 aromatic carbocycles. The van der Waals surface area contributed by atoms with Crippen LogP contribution < -0.4 is 5.73 Å². The van der Waals surface area contributed by atoms with E-state index in [0.717, 1.165) is 27.9 Å². The zero-order valence-corrected chi connectivity index (χ0v) is 14.1. The fourth-order valence-corrected chi connectivity index (χ4v) is 3.09. The van der Waals surface area contributed by atoms with Crippen molar-refractivity contribution < 1.29 is 9.47 Å². The predicted octanol–water partition coefficient (Wildman–Crippen LogP) is 4.09. The van der Waals surface area contributed by atoms with Crippen molar-refractivity contribution in [2.75, 3.05) is 18.9 Å². The molecule has 6 heteroatoms. The fourth-order valence-electron chi connectivity index (χ4n) is 2.80. The van der Waals surface area contributed by atoms with Gasteiger partial charge in [0, 0.05) is 41.0 Å². The van der Waals surface area contributed by atoms with Crippen LogP contribution in [0.15, 0.2) is 55.0 Å². The van der Waals surface area contributed by atoms with Gasteiger partial charge in [-0.15, -0.1) is 0 Å². The Morgan fingerprint density at radius 1 is 0.960 bits per heavy atom. The van der Waals surface area contributed by atoms with Crippen molar-refractivity contribution in [1.82, 2.24) is 9.97 Å². The number of hydrogen-bond donors (Lipinski definition) is 1. The zero-order chi connectivity index (χ0) is 17.2. The largest absolute Gasteiger partial charge is 0.399 e. The van der Waals surface area contributed by atoms with E-state index in [4.69, 9.17) is 26.8 Å². The van der Waals surface area contributed by atoms with E-state index in [1.165, 1.54) is 0 Å². The van der Waals surface area contributed by atoms with Crippen molar-refractivity contribution in [2.24, 2.45) is 0 Å². The van der Waals surface area contributed by atoms with E-state index >= 15 is 0 Å². The summed E-state index contributed by atoms with van der Waals surface area (Å²) in [6, 6.07) is 11.4. The van der Waals surface area contributed by atoms with Crippen LogP contribution in [0, 0.1) is 0 Å². The summed E-state index contributed by atoms with van der Waals surface area (Å²) in [4.78, 5) is 8.70. The highest BCUT2D eigenvalue weighted by Crippen LogP contribution is 2.32. The van der Waals surface area contributed by atoms with E-state index < -0.39 is 6.29 Å². The Kier molecular flexibility index (Phi) is 4.36. The normalized spacial score (nSPS) is 14.8. The number of nitrogen functional groups attached to an aromatic ring is 1. The Balaban J connectivity index is 1.71. The van der Waals surface area contributed by atoms with Crippen LogP contribution in [0.3, 0.4) is 0 Å². The summed E-state index contributed by atoms with van der Waals surface area (Å²) >= 11 is 6.32. The molecule has 2 aromatic heterocycles. The van der Waals surface area contributed by atoms with Crippen LogP contribution in [-0.2, 0) is 9.47 Å². The minimum absolute atomic E-state index is 0.400. The summed E-state index contributed by atoms with van der Waals surface area (Å²) in [7, 11) is 0. The number of ether oxygens (including phenoxy) is 2. The molecule has 0 radical (unpaired) electrons. The Hall–Kier alpha value is -2.47. The number of rotatable bonds is 3. The first-order valence-electron chi connectivity index (χ1n) is 7.91. The molecule has 0 spiro atoms. The second-order valence-electron chi connectivity index (χ2n) is 5.74. The highest BCUT2D eigenvalue weighted by atomic mass is 35.5. The van der Waals surface area contributed by atoms with Crippen molar-refractivity contribution in [2.45, 2.75) is 6.29 Å². The average molecular weight is 354 g/mol. The van der Waals surface area contributed by atoms with Crippen molar-refractivity contribution in [3.05, 3.63) is 65.7 Å². The lowest BCUT2D eigenvalue weighted by Gasteiger charge is -2.11. The van der Waals surface area contributed by atoms with Gasteiger partial charge in [0.15, 0.2) is 0 Å². The summed E-state index contributed by atoms with van der Waals surface area (Å²) in [5, 5.41) is 0.599. The molecule has 0 aliphatic carbocycles. The fraction of sp³-hybridized carbons (Fsp3) is 0.158. The smallest absolute Gasteiger partial charge is 0.201 e. The Bertz CT molecular complexity index is 911. The number of nitrogens with zero attached hydrogens (tertiary/aromatic N) is 2. The number of benzene rings is 1. The lowest BCUT2D eigenvalue weighted by atomic mass is 10.0. The number of aromatic nitrogens is 2. The van der Waals surface area contributed by atoms with E-state index in [2.05, 4.69) is 9.97 Å². The molecule has 1 aliphatic heterocycles. The summed E-state index contributed by atoms with van der Waals surface area (Å²) in [5.74, 6) is 0. The molecule has 0 unspecified atom stereocenters. The lowest BCUT2D eigenvalue weighted by Crippen LogP contribution is -2.01. The van der Waals surface area contributed by atoms with Crippen molar-refractivity contribution in [1.29, 1.82) is 0 Å². The van der Waals surface area contributed by atoms with Crippen LogP contribution in [0.5, 0.6) is 0 Å². The van der Waals surface area contributed by atoms with E-state index in [0.29, 0.717) is 23.9 Å². The highest BCUT2D eigenvalue weighted by molar-refractivity contribution is 6.33. The van der Waals surface area contributed by atoms with Crippen LogP contribution in [-0.4, -0.2) is 23.2 Å². The third kappa shape index (κ3) is 3.35. The molecule has 0 atom stereocenters. The first-order valence-corrected chi connectivity index (χ1v) is 8.28. The van der Waals surface area contributed by atoms with Crippen molar-refractivity contribution >= 4 is 17.3 Å². The van der Waals surface area contributed by atoms with Gasteiger partial charge in [0.1, 0.15) is 0 Å². The molecule has 2 N–H and O–H groups in total. The highest BCUT2D eigenvalue weighted by Gasteiger charge is 2.20. The second kappa shape index (κ2) is 6.80. The van der Waals surface area contributed by atoms with E-state index in [-0.39, 0.29) is 0 Å². The molecule has 5 nitrogen and oxygen atoms in total. The zero-order valence-electron chi connectivity index (χ0n) is 13.4. The van der Waals surface area contributed by atoms with Crippen LogP contribution in [0.4, 0.5) is 5.69 Å². The van der Waals surface area contributed by atoms with Gasteiger partial charge in [0.05, 0.1) is 23.9 Å². The molecule has 4 rings (SSSR count). The molecule has 1 aliphatic rings. The van der Waals surface area contributed by atoms with Gasteiger partial charge in [-0.2, -0.15) is 0 Å². The molecule has 126 valence electrons. The summed E-state index contributed by atoms with van der Waals surface area (Å²) in [6.45, 7) is 1.17. The summed E-state index contributed by atoms with van der Waals surface area (Å²) < 4.78 is 11.0. The summed E-state index contributed by atoms with van der Waals surface area (Å²) in [6.07, 6.45) is 4.94. The lowest BCUT2D eigenvalue weighted by molar-refractivity contribution is -0.0472. The van der Waals surface area contributed by atoms with Crippen LogP contribution in [0.1, 0.15) is 12.0 Å². The topological polar surface area (TPSA) is 70.3 Å². The Labute approximate surface area is 150 Å². The SMILES string of the molecule is Nc1ccc(-c2cncc(-c3ccnc(C4OCCO4)c3)c2)c(Cl)c1.